The molecule has 1 aromatic carbocycles. The van der Waals surface area contributed by atoms with E-state index in [1.807, 2.05) is 34.5 Å². The molecule has 12 nitrogen and oxygen atoms in total. The molecule has 2 N–H and O–H groups in total. The van der Waals surface area contributed by atoms with Crippen LogP contribution in [0.1, 0.15) is 35.8 Å². The molecule has 7 rings (SSSR count). The number of hydrogen-bond acceptors (Lipinski definition) is 6. The Kier molecular flexibility index (Phi) is 7.38. The molecule has 2 atom stereocenters. The van der Waals surface area contributed by atoms with Gasteiger partial charge < -0.3 is 33.8 Å². The van der Waals surface area contributed by atoms with Crippen molar-refractivity contribution in [3.63, 3.8) is 0 Å². The van der Waals surface area contributed by atoms with Crippen molar-refractivity contribution in [3.05, 3.63) is 60.3 Å². The summed E-state index contributed by atoms with van der Waals surface area (Å²) in [6.45, 7) is 2.93. The lowest BCUT2D eigenvalue weighted by Gasteiger charge is -2.30. The van der Waals surface area contributed by atoms with E-state index in [1.54, 1.807) is 18.6 Å². The molecule has 2 amide bonds. The molecular weight excluding hydrogens is 579 g/mol. The van der Waals surface area contributed by atoms with Crippen LogP contribution in [0, 0.1) is 5.92 Å². The summed E-state index contributed by atoms with van der Waals surface area (Å²) in [5.74, 6) is 1.83. The van der Waals surface area contributed by atoms with Gasteiger partial charge in [0.05, 0.1) is 41.4 Å². The largest absolute Gasteiger partial charge is 0.487 e. The van der Waals surface area contributed by atoms with Crippen LogP contribution < -0.4 is 10.1 Å². The van der Waals surface area contributed by atoms with Crippen molar-refractivity contribution in [3.8, 4) is 17.3 Å². The number of fused-ring (bicyclic) bond motifs is 3. The number of amides is 2. The summed E-state index contributed by atoms with van der Waals surface area (Å²) in [7, 11) is 1.94. The van der Waals surface area contributed by atoms with Gasteiger partial charge in [-0.2, -0.15) is 0 Å². The van der Waals surface area contributed by atoms with Gasteiger partial charge >= 0.3 is 6.09 Å². The maximum atomic E-state index is 13.5. The monoisotopic (exact) mass is 614 g/mol. The maximum absolute atomic E-state index is 13.5. The van der Waals surface area contributed by atoms with Crippen LogP contribution in [0.2, 0.25) is 0 Å². The molecule has 1 fully saturated rings. The summed E-state index contributed by atoms with van der Waals surface area (Å²) >= 11 is 0. The van der Waals surface area contributed by atoms with E-state index < -0.39 is 18.8 Å². The Bertz CT molecular complexity index is 1890. The smallest absolute Gasteiger partial charge is 0.405 e. The van der Waals surface area contributed by atoms with E-state index in [0.717, 1.165) is 34.7 Å². The SMILES string of the molecule is CC(Cn1ccnc1)Oc1cccc2cc(-c3nc4cc5c(nc4n3C)CCN(CC(CF)NC(=O)O)C5=O)n(CC3CC3)c12. The Balaban J connectivity index is 1.25. The Morgan fingerprint density at radius 3 is 2.80 bits per heavy atom. The van der Waals surface area contributed by atoms with Crippen molar-refractivity contribution in [1.82, 2.24) is 38.9 Å². The van der Waals surface area contributed by atoms with Crippen LogP contribution in [-0.4, -0.2) is 82.6 Å². The molecule has 1 aliphatic carbocycles. The van der Waals surface area contributed by atoms with Crippen molar-refractivity contribution in [2.45, 2.75) is 51.4 Å². The molecule has 13 heteroatoms. The van der Waals surface area contributed by atoms with Crippen LogP contribution in [0.15, 0.2) is 49.1 Å². The van der Waals surface area contributed by atoms with E-state index in [4.69, 9.17) is 19.8 Å². The van der Waals surface area contributed by atoms with Gasteiger partial charge in [-0.1, -0.05) is 12.1 Å². The fourth-order valence-corrected chi connectivity index (χ4v) is 6.28. The van der Waals surface area contributed by atoms with Crippen molar-refractivity contribution >= 4 is 34.1 Å². The van der Waals surface area contributed by atoms with E-state index in [0.29, 0.717) is 47.8 Å². The lowest BCUT2D eigenvalue weighted by atomic mass is 10.0. The molecule has 1 aliphatic heterocycles. The third kappa shape index (κ3) is 5.58. The number of halogens is 1. The van der Waals surface area contributed by atoms with E-state index >= 15 is 0 Å². The minimum absolute atomic E-state index is 0.0564. The zero-order valence-electron chi connectivity index (χ0n) is 25.2. The second-order valence-electron chi connectivity index (χ2n) is 12.1. The quantitative estimate of drug-likeness (QED) is 0.227. The highest BCUT2D eigenvalue weighted by Gasteiger charge is 2.31. The number of rotatable bonds is 11. The van der Waals surface area contributed by atoms with E-state index in [2.05, 4.69) is 33.9 Å². The first-order chi connectivity index (χ1) is 21.8. The van der Waals surface area contributed by atoms with Gasteiger partial charge in [-0.05, 0) is 43.9 Å². The number of ether oxygens (including phenoxy) is 1. The van der Waals surface area contributed by atoms with Crippen molar-refractivity contribution in [2.24, 2.45) is 13.0 Å². The lowest BCUT2D eigenvalue weighted by molar-refractivity contribution is 0.0712. The van der Waals surface area contributed by atoms with Crippen molar-refractivity contribution in [2.75, 3.05) is 19.8 Å². The molecule has 5 heterocycles. The van der Waals surface area contributed by atoms with Gasteiger partial charge in [-0.3, -0.25) is 4.79 Å². The first-order valence-electron chi connectivity index (χ1n) is 15.2. The Morgan fingerprint density at radius 1 is 1.22 bits per heavy atom. The molecule has 234 valence electrons. The number of nitrogens with zero attached hydrogens (tertiary/aromatic N) is 7. The van der Waals surface area contributed by atoms with Crippen molar-refractivity contribution in [1.29, 1.82) is 0 Å². The molecule has 2 unspecified atom stereocenters. The fourth-order valence-electron chi connectivity index (χ4n) is 6.28. The van der Waals surface area contributed by atoms with Crippen LogP contribution in [0.25, 0.3) is 33.6 Å². The van der Waals surface area contributed by atoms with Gasteiger partial charge in [0.1, 0.15) is 24.0 Å². The van der Waals surface area contributed by atoms with Crippen LogP contribution in [0.5, 0.6) is 5.75 Å². The number of imidazole rings is 2. The molecule has 0 spiro atoms. The van der Waals surface area contributed by atoms with Crippen molar-refractivity contribution < 1.29 is 23.8 Å². The molecule has 0 radical (unpaired) electrons. The molecule has 0 saturated heterocycles. The average Bonchev–Trinajstić information content (AvgIpc) is 3.39. The van der Waals surface area contributed by atoms with Gasteiger partial charge in [-0.15, -0.1) is 0 Å². The Hall–Kier alpha value is -4.94. The lowest BCUT2D eigenvalue weighted by Crippen LogP contribution is -2.48. The minimum Gasteiger partial charge on any atom is -0.487 e. The number of aryl methyl sites for hydroxylation is 1. The van der Waals surface area contributed by atoms with Crippen LogP contribution in [0.3, 0.4) is 0 Å². The van der Waals surface area contributed by atoms with E-state index in [-0.39, 0.29) is 18.6 Å². The molecular formula is C32H35FN8O4. The third-order valence-corrected chi connectivity index (χ3v) is 8.62. The van der Waals surface area contributed by atoms with Gasteiger partial charge in [-0.25, -0.2) is 24.1 Å². The zero-order chi connectivity index (χ0) is 31.2. The molecule has 45 heavy (non-hydrogen) atoms. The van der Waals surface area contributed by atoms with Gasteiger partial charge in [0.25, 0.3) is 5.91 Å². The van der Waals surface area contributed by atoms with Gasteiger partial charge in [0.15, 0.2) is 11.5 Å². The number of para-hydroxylation sites is 1. The molecule has 2 aliphatic rings. The third-order valence-electron chi connectivity index (χ3n) is 8.62. The zero-order valence-corrected chi connectivity index (χ0v) is 25.2. The number of carbonyl (C=O) groups is 2. The number of alkyl halides is 1. The summed E-state index contributed by atoms with van der Waals surface area (Å²) in [5.41, 5.74) is 4.30. The number of benzene rings is 1. The van der Waals surface area contributed by atoms with Crippen LogP contribution in [-0.2, 0) is 26.6 Å². The Morgan fingerprint density at radius 2 is 2.07 bits per heavy atom. The first kappa shape index (κ1) is 28.8. The topological polar surface area (TPSA) is 132 Å². The number of nitrogens with one attached hydrogen (secondary N) is 1. The minimum atomic E-state index is -1.33. The predicted molar refractivity (Wildman–Crippen MR) is 165 cm³/mol. The normalized spacial score (nSPS) is 16.2. The average molecular weight is 615 g/mol. The van der Waals surface area contributed by atoms with E-state index in [1.165, 1.54) is 17.7 Å². The maximum Gasteiger partial charge on any atom is 0.405 e. The Labute approximate surface area is 258 Å². The van der Waals surface area contributed by atoms with Gasteiger partial charge in [0, 0.05) is 50.9 Å². The standard InChI is InChI=1S/C32H35FN8O4/c1-19(15-39-11-9-34-18-39)45-27-5-3-4-21-12-26(41(28(21)27)16-20-6-7-20)30-37-25-13-23-24(36-29(25)38(30)2)8-10-40(31(23)42)17-22(14-33)35-32(43)44/h3-5,9,11-13,18-20,22,35H,6-8,10,14-17H2,1-2H3,(H,43,44). The number of carbonyl (C=O) groups excluding carboxylic acids is 1. The van der Waals surface area contributed by atoms with Crippen LogP contribution in [0.4, 0.5) is 9.18 Å². The summed E-state index contributed by atoms with van der Waals surface area (Å²) in [5, 5.41) is 12.2. The summed E-state index contributed by atoms with van der Waals surface area (Å²) in [6, 6.07) is 9.01. The molecule has 5 aromatic rings. The summed E-state index contributed by atoms with van der Waals surface area (Å²) < 4.78 is 26.3. The number of carboxylic acid groups (broad SMARTS) is 1. The van der Waals surface area contributed by atoms with Crippen LogP contribution >= 0.6 is 0 Å². The highest BCUT2D eigenvalue weighted by molar-refractivity contribution is 5.99. The summed E-state index contributed by atoms with van der Waals surface area (Å²) in [6.07, 6.45) is 6.90. The highest BCUT2D eigenvalue weighted by Crippen LogP contribution is 2.39. The second-order valence-corrected chi connectivity index (χ2v) is 12.1. The van der Waals surface area contributed by atoms with E-state index in [9.17, 15) is 14.0 Å². The molecule has 1 saturated carbocycles. The molecule has 0 bridgehead atoms. The molecule has 4 aromatic heterocycles. The second kappa shape index (κ2) is 11.5. The number of hydrogen-bond donors (Lipinski definition) is 2. The highest BCUT2D eigenvalue weighted by atomic mass is 19.1. The number of aromatic nitrogens is 6. The fraction of sp³-hybridized carbons (Fsp3) is 0.406. The number of pyridine rings is 1. The first-order valence-corrected chi connectivity index (χ1v) is 15.2. The van der Waals surface area contributed by atoms with Gasteiger partial charge in [0.2, 0.25) is 0 Å². The predicted octanol–water partition coefficient (Wildman–Crippen LogP) is 4.27. The summed E-state index contributed by atoms with van der Waals surface area (Å²) in [4.78, 5) is 39.9.